The van der Waals surface area contributed by atoms with Gasteiger partial charge in [0.1, 0.15) is 0 Å². The zero-order valence-electron chi connectivity index (χ0n) is 7.08. The smallest absolute Gasteiger partial charge is 0.341 e. The summed E-state index contributed by atoms with van der Waals surface area (Å²) in [6.45, 7) is 1.24. The van der Waals surface area contributed by atoms with E-state index in [2.05, 4.69) is 0 Å². The lowest BCUT2D eigenvalue weighted by atomic mass is 10.2. The van der Waals surface area contributed by atoms with E-state index in [1.54, 1.807) is 13.0 Å². The number of carbonyl (C=O) groups is 1. The van der Waals surface area contributed by atoms with Crippen LogP contribution in [0.4, 0.5) is 4.39 Å². The molecule has 0 aliphatic rings. The molecule has 0 atom stereocenters. The zero-order valence-corrected chi connectivity index (χ0v) is 7.08. The number of rotatable bonds is 3. The molecule has 1 rings (SSSR count). The first-order valence-electron chi connectivity index (χ1n) is 3.70. The van der Waals surface area contributed by atoms with Crippen molar-refractivity contribution >= 4 is 5.97 Å². The number of ether oxygens (including phenoxy) is 1. The fourth-order valence-electron chi connectivity index (χ4n) is 0.861. The topological polar surface area (TPSA) is 46.5 Å². The summed E-state index contributed by atoms with van der Waals surface area (Å²) in [5.41, 5.74) is 0.821. The van der Waals surface area contributed by atoms with Crippen LogP contribution in [0.3, 0.4) is 0 Å². The van der Waals surface area contributed by atoms with Gasteiger partial charge in [-0.1, -0.05) is 6.07 Å². The maximum Gasteiger partial charge on any atom is 0.341 e. The average molecular weight is 184 g/mol. The molecule has 0 bridgehead atoms. The highest BCUT2D eigenvalue weighted by atomic mass is 19.1. The number of carboxylic acid groups (broad SMARTS) is 1. The van der Waals surface area contributed by atoms with Gasteiger partial charge in [0, 0.05) is 0 Å². The van der Waals surface area contributed by atoms with Crippen LogP contribution in [-0.4, -0.2) is 17.7 Å². The molecular weight excluding hydrogens is 175 g/mol. The highest BCUT2D eigenvalue weighted by Crippen LogP contribution is 2.17. The summed E-state index contributed by atoms with van der Waals surface area (Å²) in [4.78, 5) is 10.1. The van der Waals surface area contributed by atoms with E-state index in [1.165, 1.54) is 12.1 Å². The summed E-state index contributed by atoms with van der Waals surface area (Å²) >= 11 is 0. The summed E-state index contributed by atoms with van der Waals surface area (Å²) in [5, 5.41) is 8.29. The van der Waals surface area contributed by atoms with Crippen molar-refractivity contribution in [1.29, 1.82) is 0 Å². The van der Waals surface area contributed by atoms with E-state index in [0.717, 1.165) is 5.56 Å². The third-order valence-electron chi connectivity index (χ3n) is 1.44. The third-order valence-corrected chi connectivity index (χ3v) is 1.44. The van der Waals surface area contributed by atoms with Gasteiger partial charge in [0.15, 0.2) is 18.2 Å². The monoisotopic (exact) mass is 184 g/mol. The normalized spacial score (nSPS) is 9.69. The van der Waals surface area contributed by atoms with Gasteiger partial charge < -0.3 is 9.84 Å². The number of aryl methyl sites for hydroxylation is 1. The minimum Gasteiger partial charge on any atom is -0.479 e. The molecule has 0 heterocycles. The van der Waals surface area contributed by atoms with Gasteiger partial charge in [-0.2, -0.15) is 0 Å². The molecule has 0 saturated carbocycles. The predicted molar refractivity (Wildman–Crippen MR) is 44.3 cm³/mol. The first kappa shape index (κ1) is 9.51. The zero-order chi connectivity index (χ0) is 9.84. The van der Waals surface area contributed by atoms with Crippen molar-refractivity contribution < 1.29 is 19.0 Å². The Morgan fingerprint density at radius 1 is 1.62 bits per heavy atom. The van der Waals surface area contributed by atoms with E-state index in [9.17, 15) is 9.18 Å². The predicted octanol–water partition coefficient (Wildman–Crippen LogP) is 1.60. The van der Waals surface area contributed by atoms with Gasteiger partial charge in [0.25, 0.3) is 0 Å². The summed E-state index contributed by atoms with van der Waals surface area (Å²) in [6.07, 6.45) is 0. The molecule has 1 aromatic rings. The summed E-state index contributed by atoms with van der Waals surface area (Å²) in [5.74, 6) is -1.70. The lowest BCUT2D eigenvalue weighted by Crippen LogP contribution is -2.10. The molecule has 0 fully saturated rings. The van der Waals surface area contributed by atoms with Gasteiger partial charge in [-0.05, 0) is 24.6 Å². The molecule has 0 radical (unpaired) electrons. The van der Waals surface area contributed by atoms with Crippen LogP contribution in [0.25, 0.3) is 0 Å². The van der Waals surface area contributed by atoms with Gasteiger partial charge in [0.2, 0.25) is 0 Å². The average Bonchev–Trinajstić information content (AvgIpc) is 2.06. The molecule has 0 saturated heterocycles. The van der Waals surface area contributed by atoms with Crippen LogP contribution in [0.5, 0.6) is 5.75 Å². The van der Waals surface area contributed by atoms with E-state index in [4.69, 9.17) is 9.84 Å². The second-order valence-electron chi connectivity index (χ2n) is 2.62. The first-order chi connectivity index (χ1) is 6.09. The van der Waals surface area contributed by atoms with Crippen LogP contribution in [-0.2, 0) is 4.79 Å². The maximum absolute atomic E-state index is 12.9. The minimum atomic E-state index is -1.12. The number of hydrogen-bond acceptors (Lipinski definition) is 2. The Labute approximate surface area is 74.8 Å². The summed E-state index contributed by atoms with van der Waals surface area (Å²) in [6, 6.07) is 4.29. The third kappa shape index (κ3) is 2.74. The quantitative estimate of drug-likeness (QED) is 0.776. The maximum atomic E-state index is 12.9. The van der Waals surface area contributed by atoms with Gasteiger partial charge in [-0.25, -0.2) is 9.18 Å². The van der Waals surface area contributed by atoms with Gasteiger partial charge in [-0.15, -0.1) is 0 Å². The number of halogens is 1. The van der Waals surface area contributed by atoms with Crippen molar-refractivity contribution in [3.63, 3.8) is 0 Å². The molecule has 3 nitrogen and oxygen atoms in total. The first-order valence-corrected chi connectivity index (χ1v) is 3.70. The van der Waals surface area contributed by atoms with Gasteiger partial charge >= 0.3 is 5.97 Å². The summed E-state index contributed by atoms with van der Waals surface area (Å²) < 4.78 is 17.6. The molecule has 0 aliphatic carbocycles. The van der Waals surface area contributed by atoms with Crippen molar-refractivity contribution in [1.82, 2.24) is 0 Å². The number of aliphatic carboxylic acids is 1. The molecule has 4 heteroatoms. The van der Waals surface area contributed by atoms with E-state index >= 15 is 0 Å². The Balaban J connectivity index is 2.75. The Hall–Kier alpha value is -1.58. The molecule has 0 spiro atoms. The molecule has 1 aromatic carbocycles. The lowest BCUT2D eigenvalue weighted by Gasteiger charge is -2.04. The van der Waals surface area contributed by atoms with Crippen LogP contribution in [0, 0.1) is 12.7 Å². The van der Waals surface area contributed by atoms with Crippen LogP contribution in [0.2, 0.25) is 0 Å². The largest absolute Gasteiger partial charge is 0.479 e. The minimum absolute atomic E-state index is 0.0256. The Morgan fingerprint density at radius 3 is 2.92 bits per heavy atom. The SMILES string of the molecule is Cc1ccc(F)c(OCC(=O)O)c1. The van der Waals surface area contributed by atoms with E-state index in [1.807, 2.05) is 0 Å². The van der Waals surface area contributed by atoms with Crippen LogP contribution >= 0.6 is 0 Å². The van der Waals surface area contributed by atoms with Crippen molar-refractivity contribution in [3.05, 3.63) is 29.6 Å². The Morgan fingerprint density at radius 2 is 2.31 bits per heavy atom. The number of hydrogen-bond donors (Lipinski definition) is 1. The molecule has 70 valence electrons. The molecule has 1 N–H and O–H groups in total. The molecule has 0 aliphatic heterocycles. The molecule has 0 aromatic heterocycles. The van der Waals surface area contributed by atoms with E-state index < -0.39 is 18.4 Å². The highest BCUT2D eigenvalue weighted by molar-refractivity contribution is 5.68. The standard InChI is InChI=1S/C9H9FO3/c1-6-2-3-7(10)8(4-6)13-5-9(11)12/h2-4H,5H2,1H3,(H,11,12). The van der Waals surface area contributed by atoms with Crippen molar-refractivity contribution in [2.75, 3.05) is 6.61 Å². The molecular formula is C9H9FO3. The van der Waals surface area contributed by atoms with Crippen molar-refractivity contribution in [2.45, 2.75) is 6.92 Å². The van der Waals surface area contributed by atoms with E-state index in [0.29, 0.717) is 0 Å². The second kappa shape index (κ2) is 3.89. The fourth-order valence-corrected chi connectivity index (χ4v) is 0.861. The van der Waals surface area contributed by atoms with Gasteiger partial charge in [0.05, 0.1) is 0 Å². The van der Waals surface area contributed by atoms with Crippen LogP contribution in [0.1, 0.15) is 5.56 Å². The second-order valence-corrected chi connectivity index (χ2v) is 2.62. The molecule has 0 unspecified atom stereocenters. The fraction of sp³-hybridized carbons (Fsp3) is 0.222. The molecule has 13 heavy (non-hydrogen) atoms. The molecule has 0 amide bonds. The Bertz CT molecular complexity index is 323. The van der Waals surface area contributed by atoms with Gasteiger partial charge in [-0.3, -0.25) is 0 Å². The van der Waals surface area contributed by atoms with E-state index in [-0.39, 0.29) is 5.75 Å². The summed E-state index contributed by atoms with van der Waals surface area (Å²) in [7, 11) is 0. The highest BCUT2D eigenvalue weighted by Gasteiger charge is 2.05. The number of carboxylic acids is 1. The van der Waals surface area contributed by atoms with Crippen molar-refractivity contribution in [2.24, 2.45) is 0 Å². The van der Waals surface area contributed by atoms with Crippen molar-refractivity contribution in [3.8, 4) is 5.75 Å². The number of benzene rings is 1. The van der Waals surface area contributed by atoms with Crippen LogP contribution < -0.4 is 4.74 Å². The lowest BCUT2D eigenvalue weighted by molar-refractivity contribution is -0.139. The van der Waals surface area contributed by atoms with Crippen LogP contribution in [0.15, 0.2) is 18.2 Å². The Kier molecular flexibility index (Phi) is 2.84.